The predicted molar refractivity (Wildman–Crippen MR) is 103 cm³/mol. The minimum atomic E-state index is -3.79. The molecule has 1 unspecified atom stereocenters. The van der Waals surface area contributed by atoms with E-state index in [-0.39, 0.29) is 10.7 Å². The van der Waals surface area contributed by atoms with E-state index >= 15 is 0 Å². The SMILES string of the molecule is COc1ccccc1C(C)NC(=O)CN(c1ccc(F)c(Cl)c1)S(C)(=O)=O. The monoisotopic (exact) mass is 414 g/mol. The summed E-state index contributed by atoms with van der Waals surface area (Å²) in [7, 11) is -2.26. The molecule has 1 amide bonds. The molecule has 0 aliphatic heterocycles. The maximum Gasteiger partial charge on any atom is 0.241 e. The van der Waals surface area contributed by atoms with Crippen LogP contribution in [-0.4, -0.2) is 34.2 Å². The molecule has 0 saturated carbocycles. The number of sulfonamides is 1. The van der Waals surface area contributed by atoms with Gasteiger partial charge in [0.25, 0.3) is 0 Å². The van der Waals surface area contributed by atoms with Gasteiger partial charge in [0, 0.05) is 5.56 Å². The number of carbonyl (C=O) groups is 1. The molecule has 0 saturated heterocycles. The van der Waals surface area contributed by atoms with Crippen molar-refractivity contribution < 1.29 is 22.3 Å². The molecular formula is C18H20ClFN2O4S. The molecule has 0 aliphatic carbocycles. The molecule has 2 aromatic rings. The first-order chi connectivity index (χ1) is 12.6. The third-order valence-electron chi connectivity index (χ3n) is 3.86. The number of benzene rings is 2. The van der Waals surface area contributed by atoms with Crippen LogP contribution < -0.4 is 14.4 Å². The van der Waals surface area contributed by atoms with Crippen LogP contribution in [0.25, 0.3) is 0 Å². The Labute approximate surface area is 162 Å². The first kappa shape index (κ1) is 21.0. The van der Waals surface area contributed by atoms with Crippen LogP contribution in [0.1, 0.15) is 18.5 Å². The van der Waals surface area contributed by atoms with Crippen molar-refractivity contribution >= 4 is 33.2 Å². The molecule has 1 N–H and O–H groups in total. The van der Waals surface area contributed by atoms with Crippen molar-refractivity contribution in [2.75, 3.05) is 24.2 Å². The number of nitrogens with zero attached hydrogens (tertiary/aromatic N) is 1. The zero-order chi connectivity index (χ0) is 20.2. The van der Waals surface area contributed by atoms with E-state index in [9.17, 15) is 17.6 Å². The van der Waals surface area contributed by atoms with Gasteiger partial charge in [-0.3, -0.25) is 9.10 Å². The number of nitrogens with one attached hydrogen (secondary N) is 1. The van der Waals surface area contributed by atoms with Crippen molar-refractivity contribution in [3.05, 3.63) is 58.9 Å². The van der Waals surface area contributed by atoms with Gasteiger partial charge < -0.3 is 10.1 Å². The predicted octanol–water partition coefficient (Wildman–Crippen LogP) is 3.13. The number of hydrogen-bond acceptors (Lipinski definition) is 4. The Morgan fingerprint density at radius 3 is 2.56 bits per heavy atom. The highest BCUT2D eigenvalue weighted by Crippen LogP contribution is 2.26. The number of amides is 1. The molecule has 0 fully saturated rings. The smallest absolute Gasteiger partial charge is 0.241 e. The Morgan fingerprint density at radius 1 is 1.30 bits per heavy atom. The molecular weight excluding hydrogens is 395 g/mol. The molecule has 0 radical (unpaired) electrons. The van der Waals surface area contributed by atoms with Crippen molar-refractivity contribution in [2.45, 2.75) is 13.0 Å². The number of methoxy groups -OCH3 is 1. The molecule has 2 aromatic carbocycles. The fourth-order valence-corrected chi connectivity index (χ4v) is 3.58. The molecule has 0 heterocycles. The van der Waals surface area contributed by atoms with E-state index in [0.29, 0.717) is 5.75 Å². The quantitative estimate of drug-likeness (QED) is 0.755. The number of ether oxygens (including phenoxy) is 1. The van der Waals surface area contributed by atoms with E-state index in [1.165, 1.54) is 13.2 Å². The van der Waals surface area contributed by atoms with Gasteiger partial charge >= 0.3 is 0 Å². The van der Waals surface area contributed by atoms with Gasteiger partial charge in [0.2, 0.25) is 15.9 Å². The van der Waals surface area contributed by atoms with E-state index in [0.717, 1.165) is 28.3 Å². The molecule has 0 aliphatic rings. The summed E-state index contributed by atoms with van der Waals surface area (Å²) < 4.78 is 43.7. The summed E-state index contributed by atoms with van der Waals surface area (Å²) in [6.45, 7) is 1.29. The van der Waals surface area contributed by atoms with Crippen LogP contribution >= 0.6 is 11.6 Å². The van der Waals surface area contributed by atoms with Crippen LogP contribution in [0, 0.1) is 5.82 Å². The maximum absolute atomic E-state index is 13.4. The first-order valence-electron chi connectivity index (χ1n) is 7.98. The molecule has 146 valence electrons. The van der Waals surface area contributed by atoms with Gasteiger partial charge in [-0.05, 0) is 31.2 Å². The lowest BCUT2D eigenvalue weighted by atomic mass is 10.1. The van der Waals surface area contributed by atoms with Gasteiger partial charge in [-0.25, -0.2) is 12.8 Å². The van der Waals surface area contributed by atoms with Crippen molar-refractivity contribution in [2.24, 2.45) is 0 Å². The Kier molecular flexibility index (Phi) is 6.67. The van der Waals surface area contributed by atoms with Gasteiger partial charge in [-0.1, -0.05) is 29.8 Å². The fraction of sp³-hybridized carbons (Fsp3) is 0.278. The van der Waals surface area contributed by atoms with Crippen molar-refractivity contribution in [3.63, 3.8) is 0 Å². The summed E-state index contributed by atoms with van der Waals surface area (Å²) in [6, 6.07) is 10.2. The number of hydrogen-bond donors (Lipinski definition) is 1. The lowest BCUT2D eigenvalue weighted by Crippen LogP contribution is -2.41. The summed E-state index contributed by atoms with van der Waals surface area (Å²) in [5.41, 5.74) is 0.855. The second-order valence-corrected chi connectivity index (χ2v) is 8.21. The van der Waals surface area contributed by atoms with Crippen molar-refractivity contribution in [1.29, 1.82) is 0 Å². The van der Waals surface area contributed by atoms with E-state index < -0.39 is 34.3 Å². The topological polar surface area (TPSA) is 75.7 Å². The number of halogens is 2. The van der Waals surface area contributed by atoms with Crippen molar-refractivity contribution in [1.82, 2.24) is 5.32 Å². The van der Waals surface area contributed by atoms with Crippen molar-refractivity contribution in [3.8, 4) is 5.75 Å². The largest absolute Gasteiger partial charge is 0.496 e. The van der Waals surface area contributed by atoms with E-state index in [2.05, 4.69) is 5.32 Å². The normalized spacial score (nSPS) is 12.3. The molecule has 0 aromatic heterocycles. The van der Waals surface area contributed by atoms with Crippen LogP contribution in [0.5, 0.6) is 5.75 Å². The molecule has 6 nitrogen and oxygen atoms in total. The minimum Gasteiger partial charge on any atom is -0.496 e. The molecule has 2 rings (SSSR count). The molecule has 9 heteroatoms. The lowest BCUT2D eigenvalue weighted by Gasteiger charge is -2.24. The third kappa shape index (κ3) is 5.33. The Hall–Kier alpha value is -2.32. The van der Waals surface area contributed by atoms with Gasteiger partial charge in [0.1, 0.15) is 18.1 Å². The van der Waals surface area contributed by atoms with Gasteiger partial charge in [0.15, 0.2) is 0 Å². The second-order valence-electron chi connectivity index (χ2n) is 5.90. The molecule has 0 spiro atoms. The summed E-state index contributed by atoms with van der Waals surface area (Å²) >= 11 is 5.73. The van der Waals surface area contributed by atoms with E-state index in [4.69, 9.17) is 16.3 Å². The maximum atomic E-state index is 13.4. The Bertz CT molecular complexity index is 937. The lowest BCUT2D eigenvalue weighted by molar-refractivity contribution is -0.120. The number of carbonyl (C=O) groups excluding carboxylic acids is 1. The highest BCUT2D eigenvalue weighted by atomic mass is 35.5. The summed E-state index contributed by atoms with van der Waals surface area (Å²) in [5, 5.41) is 2.50. The van der Waals surface area contributed by atoms with Crippen LogP contribution in [0.15, 0.2) is 42.5 Å². The van der Waals surface area contributed by atoms with Crippen LogP contribution in [0.3, 0.4) is 0 Å². The molecule has 0 bridgehead atoms. The van der Waals surface area contributed by atoms with E-state index in [1.54, 1.807) is 25.1 Å². The summed E-state index contributed by atoms with van der Waals surface area (Å²) in [5.74, 6) is -0.599. The highest BCUT2D eigenvalue weighted by molar-refractivity contribution is 7.92. The summed E-state index contributed by atoms with van der Waals surface area (Å²) in [4.78, 5) is 12.4. The standard InChI is InChI=1S/C18H20ClFN2O4S/c1-12(14-6-4-5-7-17(14)26-2)21-18(23)11-22(27(3,24)25)13-8-9-16(20)15(19)10-13/h4-10,12H,11H2,1-3H3,(H,21,23). The Morgan fingerprint density at radius 2 is 1.96 bits per heavy atom. The Balaban J connectivity index is 2.20. The van der Waals surface area contributed by atoms with Crippen LogP contribution in [0.4, 0.5) is 10.1 Å². The number of para-hydroxylation sites is 1. The fourth-order valence-electron chi connectivity index (χ4n) is 2.56. The number of rotatable bonds is 7. The third-order valence-corrected chi connectivity index (χ3v) is 5.29. The second kappa shape index (κ2) is 8.58. The van der Waals surface area contributed by atoms with Gasteiger partial charge in [-0.2, -0.15) is 0 Å². The zero-order valence-electron chi connectivity index (χ0n) is 15.1. The first-order valence-corrected chi connectivity index (χ1v) is 10.2. The molecule has 1 atom stereocenters. The van der Waals surface area contributed by atoms with E-state index in [1.807, 2.05) is 6.07 Å². The summed E-state index contributed by atoms with van der Waals surface area (Å²) in [6.07, 6.45) is 0.960. The average molecular weight is 415 g/mol. The molecule has 27 heavy (non-hydrogen) atoms. The average Bonchev–Trinajstić information content (AvgIpc) is 2.61. The number of anilines is 1. The van der Waals surface area contributed by atoms with Gasteiger partial charge in [0.05, 0.1) is 30.1 Å². The minimum absolute atomic E-state index is 0.101. The van der Waals surface area contributed by atoms with Crippen LogP contribution in [-0.2, 0) is 14.8 Å². The highest BCUT2D eigenvalue weighted by Gasteiger charge is 2.23. The van der Waals surface area contributed by atoms with Gasteiger partial charge in [-0.15, -0.1) is 0 Å². The zero-order valence-corrected chi connectivity index (χ0v) is 16.6. The van der Waals surface area contributed by atoms with Crippen LogP contribution in [0.2, 0.25) is 5.02 Å².